The Morgan fingerprint density at radius 3 is 2.15 bits per heavy atom. The fourth-order valence-electron chi connectivity index (χ4n) is 3.65. The average Bonchev–Trinajstić information content (AvgIpc) is 2.62. The Morgan fingerprint density at radius 1 is 1.00 bits per heavy atom. The summed E-state index contributed by atoms with van der Waals surface area (Å²) in [5.74, 6) is -0.0630. The van der Waals surface area contributed by atoms with E-state index in [1.807, 2.05) is 0 Å². The van der Waals surface area contributed by atoms with Crippen LogP contribution in [-0.4, -0.2) is 44.5 Å². The van der Waals surface area contributed by atoms with Gasteiger partial charge in [-0.25, -0.2) is 12.7 Å². The highest BCUT2D eigenvalue weighted by atomic mass is 32.2. The van der Waals surface area contributed by atoms with Gasteiger partial charge in [0.1, 0.15) is 0 Å². The van der Waals surface area contributed by atoms with E-state index in [1.165, 1.54) is 47.4 Å². The van der Waals surface area contributed by atoms with Gasteiger partial charge in [-0.05, 0) is 64.2 Å². The zero-order valence-electron chi connectivity index (χ0n) is 16.1. The third-order valence-corrected chi connectivity index (χ3v) is 6.58. The Balaban J connectivity index is 1.70. The summed E-state index contributed by atoms with van der Waals surface area (Å²) in [5, 5.41) is 2.93. The van der Waals surface area contributed by atoms with E-state index in [0.29, 0.717) is 13.1 Å². The molecule has 2 aliphatic carbocycles. The normalized spacial score (nSPS) is 18.4. The highest BCUT2D eigenvalue weighted by Gasteiger charge is 2.18. The largest absolute Gasteiger partial charge is 0.356 e. The lowest BCUT2D eigenvalue weighted by Gasteiger charge is -2.21. The number of nitrogens with one attached hydrogen (secondary N) is 1. The van der Waals surface area contributed by atoms with Gasteiger partial charge >= 0.3 is 0 Å². The summed E-state index contributed by atoms with van der Waals surface area (Å²) in [5.41, 5.74) is 2.80. The van der Waals surface area contributed by atoms with Crippen LogP contribution in [-0.2, 0) is 14.8 Å². The topological polar surface area (TPSA) is 66.5 Å². The van der Waals surface area contributed by atoms with Crippen molar-refractivity contribution in [2.45, 2.75) is 70.6 Å². The van der Waals surface area contributed by atoms with Gasteiger partial charge in [-0.3, -0.25) is 4.79 Å². The number of hydrogen-bond donors (Lipinski definition) is 1. The summed E-state index contributed by atoms with van der Waals surface area (Å²) >= 11 is 0. The van der Waals surface area contributed by atoms with Crippen LogP contribution in [0.4, 0.5) is 0 Å². The van der Waals surface area contributed by atoms with Gasteiger partial charge in [0.05, 0.1) is 6.26 Å². The minimum atomic E-state index is -3.28. The summed E-state index contributed by atoms with van der Waals surface area (Å²) in [6, 6.07) is 0. The van der Waals surface area contributed by atoms with Gasteiger partial charge < -0.3 is 5.32 Å². The molecule has 0 aromatic heterocycles. The third kappa shape index (κ3) is 8.04. The maximum absolute atomic E-state index is 12.1. The quantitative estimate of drug-likeness (QED) is 0.588. The average molecular weight is 383 g/mol. The Labute approximate surface area is 159 Å². The highest BCUT2D eigenvalue weighted by molar-refractivity contribution is 7.88. The number of carbonyl (C=O) groups excluding carboxylic acids is 1. The van der Waals surface area contributed by atoms with Crippen molar-refractivity contribution >= 4 is 15.9 Å². The SMILES string of the molecule is CS(=O)(=O)N(CCC(=O)NCCC1=CCCCC1)CCC1=CCCCC1. The second-order valence-corrected chi connectivity index (χ2v) is 9.46. The Bertz CT molecular complexity index is 623. The van der Waals surface area contributed by atoms with E-state index in [2.05, 4.69) is 17.5 Å². The number of hydrogen-bond acceptors (Lipinski definition) is 3. The molecule has 148 valence electrons. The van der Waals surface area contributed by atoms with Crippen LogP contribution in [0.25, 0.3) is 0 Å². The van der Waals surface area contributed by atoms with E-state index < -0.39 is 10.0 Å². The van der Waals surface area contributed by atoms with Crippen LogP contribution < -0.4 is 5.32 Å². The minimum absolute atomic E-state index is 0.0630. The summed E-state index contributed by atoms with van der Waals surface area (Å²) < 4.78 is 25.5. The van der Waals surface area contributed by atoms with Crippen LogP contribution in [0.3, 0.4) is 0 Å². The van der Waals surface area contributed by atoms with Crippen molar-refractivity contribution in [3.05, 3.63) is 23.3 Å². The standard InChI is InChI=1S/C20H34N2O3S/c1-26(24,25)22(16-13-19-10-6-3-7-11-19)17-14-20(23)21-15-12-18-8-4-2-5-9-18/h8,10H,2-7,9,11-17H2,1H3,(H,21,23). The summed E-state index contributed by atoms with van der Waals surface area (Å²) in [4.78, 5) is 12.1. The molecule has 0 saturated heterocycles. The van der Waals surface area contributed by atoms with Crippen LogP contribution in [0.15, 0.2) is 23.3 Å². The minimum Gasteiger partial charge on any atom is -0.356 e. The highest BCUT2D eigenvalue weighted by Crippen LogP contribution is 2.21. The molecule has 0 atom stereocenters. The van der Waals surface area contributed by atoms with Crippen molar-refractivity contribution in [1.29, 1.82) is 0 Å². The van der Waals surface area contributed by atoms with E-state index in [4.69, 9.17) is 0 Å². The van der Waals surface area contributed by atoms with E-state index in [0.717, 1.165) is 38.5 Å². The number of sulfonamides is 1. The zero-order valence-corrected chi connectivity index (χ0v) is 17.0. The monoisotopic (exact) mass is 382 g/mol. The molecule has 0 heterocycles. The first-order valence-corrected chi connectivity index (χ1v) is 11.9. The molecule has 1 N–H and O–H groups in total. The summed E-state index contributed by atoms with van der Waals surface area (Å²) in [6.45, 7) is 1.39. The number of rotatable bonds is 10. The molecule has 0 aliphatic heterocycles. The molecule has 0 saturated carbocycles. The molecule has 0 unspecified atom stereocenters. The molecular formula is C20H34N2O3S. The molecule has 0 spiro atoms. The van der Waals surface area contributed by atoms with Crippen molar-refractivity contribution in [2.24, 2.45) is 0 Å². The lowest BCUT2D eigenvalue weighted by Crippen LogP contribution is -2.35. The summed E-state index contributed by atoms with van der Waals surface area (Å²) in [6.07, 6.45) is 17.1. The first kappa shape index (κ1) is 21.2. The van der Waals surface area contributed by atoms with Crippen molar-refractivity contribution in [3.8, 4) is 0 Å². The third-order valence-electron chi connectivity index (χ3n) is 5.28. The van der Waals surface area contributed by atoms with Gasteiger partial charge in [0.25, 0.3) is 0 Å². The second-order valence-electron chi connectivity index (χ2n) is 7.48. The lowest BCUT2D eigenvalue weighted by molar-refractivity contribution is -0.121. The van der Waals surface area contributed by atoms with Gasteiger partial charge in [0, 0.05) is 26.1 Å². The molecule has 2 aliphatic rings. The van der Waals surface area contributed by atoms with Crippen LogP contribution in [0, 0.1) is 0 Å². The van der Waals surface area contributed by atoms with E-state index in [1.54, 1.807) is 0 Å². The molecule has 1 amide bonds. The Hall–Kier alpha value is -1.14. The van der Waals surface area contributed by atoms with Crippen molar-refractivity contribution in [3.63, 3.8) is 0 Å². The molecule has 0 fully saturated rings. The fourth-order valence-corrected chi connectivity index (χ4v) is 4.50. The van der Waals surface area contributed by atoms with Gasteiger partial charge in [0.15, 0.2) is 0 Å². The molecule has 6 heteroatoms. The number of carbonyl (C=O) groups is 1. The molecule has 0 aromatic carbocycles. The maximum Gasteiger partial charge on any atom is 0.221 e. The van der Waals surface area contributed by atoms with Crippen LogP contribution in [0.5, 0.6) is 0 Å². The van der Waals surface area contributed by atoms with E-state index in [9.17, 15) is 13.2 Å². The van der Waals surface area contributed by atoms with Crippen molar-refractivity contribution in [2.75, 3.05) is 25.9 Å². The molecule has 2 rings (SSSR count). The zero-order chi connectivity index (χ0) is 18.8. The van der Waals surface area contributed by atoms with E-state index >= 15 is 0 Å². The van der Waals surface area contributed by atoms with Crippen molar-refractivity contribution in [1.82, 2.24) is 9.62 Å². The van der Waals surface area contributed by atoms with E-state index in [-0.39, 0.29) is 18.9 Å². The van der Waals surface area contributed by atoms with Crippen LogP contribution >= 0.6 is 0 Å². The molecule has 0 aromatic rings. The lowest BCUT2D eigenvalue weighted by atomic mass is 9.97. The van der Waals surface area contributed by atoms with Gasteiger partial charge in [-0.15, -0.1) is 0 Å². The summed E-state index contributed by atoms with van der Waals surface area (Å²) in [7, 11) is -3.28. The number of allylic oxidation sites excluding steroid dienone is 2. The second kappa shape index (κ2) is 10.9. The Kier molecular flexibility index (Phi) is 8.85. The predicted molar refractivity (Wildman–Crippen MR) is 106 cm³/mol. The van der Waals surface area contributed by atoms with Crippen LogP contribution in [0.1, 0.15) is 70.6 Å². The molecule has 5 nitrogen and oxygen atoms in total. The molecule has 0 radical (unpaired) electrons. The van der Waals surface area contributed by atoms with Gasteiger partial charge in [-0.1, -0.05) is 23.3 Å². The molecule has 26 heavy (non-hydrogen) atoms. The van der Waals surface area contributed by atoms with Crippen LogP contribution in [0.2, 0.25) is 0 Å². The Morgan fingerprint density at radius 2 is 1.62 bits per heavy atom. The first-order valence-electron chi connectivity index (χ1n) is 10.0. The van der Waals surface area contributed by atoms with Crippen molar-refractivity contribution < 1.29 is 13.2 Å². The van der Waals surface area contributed by atoms with Gasteiger partial charge in [0.2, 0.25) is 15.9 Å². The number of nitrogens with zero attached hydrogens (tertiary/aromatic N) is 1. The molecule has 0 bridgehead atoms. The molecular weight excluding hydrogens is 348 g/mol. The first-order chi connectivity index (χ1) is 12.4. The van der Waals surface area contributed by atoms with Gasteiger partial charge in [-0.2, -0.15) is 0 Å². The maximum atomic E-state index is 12.1. The smallest absolute Gasteiger partial charge is 0.221 e. The number of amides is 1. The fraction of sp³-hybridized carbons (Fsp3) is 0.750. The predicted octanol–water partition coefficient (Wildman–Crippen LogP) is 3.54.